The Bertz CT molecular complexity index is 1890. The number of fused-ring (bicyclic) bond motifs is 1. The van der Waals surface area contributed by atoms with Crippen molar-refractivity contribution >= 4 is 22.5 Å². The van der Waals surface area contributed by atoms with Gasteiger partial charge in [0.1, 0.15) is 35.0 Å². The van der Waals surface area contributed by atoms with E-state index < -0.39 is 23.6 Å². The third-order valence-electron chi connectivity index (χ3n) is 5.92. The van der Waals surface area contributed by atoms with E-state index in [0.29, 0.717) is 5.69 Å². The number of benzene rings is 2. The molecule has 0 saturated heterocycles. The third kappa shape index (κ3) is 5.01. The molecule has 1 unspecified atom stereocenters. The van der Waals surface area contributed by atoms with Crippen molar-refractivity contribution in [3.63, 3.8) is 0 Å². The lowest BCUT2D eigenvalue weighted by atomic mass is 10.1. The van der Waals surface area contributed by atoms with Gasteiger partial charge >= 0.3 is 0 Å². The highest BCUT2D eigenvalue weighted by Gasteiger charge is 2.23. The Labute approximate surface area is 226 Å². The van der Waals surface area contributed by atoms with Crippen molar-refractivity contribution in [3.05, 3.63) is 106 Å². The molecule has 0 saturated carbocycles. The molecule has 3 aromatic heterocycles. The lowest BCUT2D eigenvalue weighted by Crippen LogP contribution is -2.28. The van der Waals surface area contributed by atoms with Gasteiger partial charge in [0.25, 0.3) is 12.0 Å². The molecule has 10 nitrogen and oxygen atoms in total. The Balaban J connectivity index is 1.67. The van der Waals surface area contributed by atoms with Crippen LogP contribution in [0.2, 0.25) is 0 Å². The number of aromatic nitrogens is 6. The Hall–Kier alpha value is -5.75. The molecule has 5 rings (SSSR count). The molecular formula is C28H19F2N9O. The lowest BCUT2D eigenvalue weighted by molar-refractivity contribution is 0.153. The van der Waals surface area contributed by atoms with Gasteiger partial charge in [0.2, 0.25) is 0 Å². The maximum atomic E-state index is 13.9. The van der Waals surface area contributed by atoms with E-state index in [-0.39, 0.29) is 45.2 Å². The second kappa shape index (κ2) is 10.9. The number of alkyl halides is 2. The van der Waals surface area contributed by atoms with Crippen LogP contribution in [0.3, 0.4) is 0 Å². The average molecular weight is 536 g/mol. The summed E-state index contributed by atoms with van der Waals surface area (Å²) in [6.45, 7) is 1.72. The van der Waals surface area contributed by atoms with Gasteiger partial charge in [0.15, 0.2) is 0 Å². The maximum absolute atomic E-state index is 13.9. The van der Waals surface area contributed by atoms with Crippen molar-refractivity contribution in [2.45, 2.75) is 19.4 Å². The van der Waals surface area contributed by atoms with Gasteiger partial charge < -0.3 is 11.1 Å². The van der Waals surface area contributed by atoms with Crippen LogP contribution in [0.5, 0.6) is 0 Å². The minimum Gasteiger partial charge on any atom is -0.382 e. The summed E-state index contributed by atoms with van der Waals surface area (Å²) in [5.74, 6) is 6.31. The number of nitrogen functional groups attached to an aromatic ring is 1. The zero-order chi connectivity index (χ0) is 28.2. The van der Waals surface area contributed by atoms with Crippen LogP contribution in [0, 0.1) is 23.2 Å². The molecule has 0 fully saturated rings. The van der Waals surface area contributed by atoms with E-state index in [2.05, 4.69) is 42.1 Å². The van der Waals surface area contributed by atoms with Crippen molar-refractivity contribution in [1.29, 1.82) is 5.26 Å². The first kappa shape index (κ1) is 25.9. The quantitative estimate of drug-likeness (QED) is 0.319. The molecule has 5 aromatic rings. The molecule has 3 heterocycles. The molecule has 0 bridgehead atoms. The molecule has 0 aliphatic carbocycles. The summed E-state index contributed by atoms with van der Waals surface area (Å²) in [7, 11) is 0. The zero-order valence-electron chi connectivity index (χ0n) is 20.9. The standard InChI is InChI=1S/C28H19F2N9O/c1-16(37-26-21(25(32)35-15-36-26)9-8-18-14-33-10-11-34-18)27-38-22-7-3-6-20(24(29)30)23(22)28(40)39(27)19-5-2-4-17(12-19)13-31/h2-7,10-12,14-16,24H,1H3,(H3,32,35,36,37). The summed E-state index contributed by atoms with van der Waals surface area (Å²) < 4.78 is 29.0. The van der Waals surface area contributed by atoms with Crippen LogP contribution in [0.25, 0.3) is 16.6 Å². The van der Waals surface area contributed by atoms with Gasteiger partial charge in [-0.1, -0.05) is 24.1 Å². The number of nitrogens with one attached hydrogen (secondary N) is 1. The smallest absolute Gasteiger partial charge is 0.266 e. The molecule has 2 aromatic carbocycles. The fourth-order valence-electron chi connectivity index (χ4n) is 4.10. The van der Waals surface area contributed by atoms with Gasteiger partial charge in [-0.2, -0.15) is 5.26 Å². The fourth-order valence-corrected chi connectivity index (χ4v) is 4.10. The third-order valence-corrected chi connectivity index (χ3v) is 5.92. The Morgan fingerprint density at radius 3 is 2.65 bits per heavy atom. The zero-order valence-corrected chi connectivity index (χ0v) is 20.9. The van der Waals surface area contributed by atoms with E-state index >= 15 is 0 Å². The van der Waals surface area contributed by atoms with Gasteiger partial charge in [-0.05, 0) is 37.1 Å². The molecule has 3 N–H and O–H groups in total. The normalized spacial score (nSPS) is 11.5. The van der Waals surface area contributed by atoms with Crippen molar-refractivity contribution in [1.82, 2.24) is 29.5 Å². The highest BCUT2D eigenvalue weighted by molar-refractivity contribution is 5.82. The van der Waals surface area contributed by atoms with Crippen LogP contribution in [0.1, 0.15) is 47.6 Å². The second-order valence-electron chi connectivity index (χ2n) is 8.50. The molecule has 0 aliphatic rings. The summed E-state index contributed by atoms with van der Waals surface area (Å²) in [6, 6.07) is 11.7. The highest BCUT2D eigenvalue weighted by atomic mass is 19.3. The van der Waals surface area contributed by atoms with E-state index in [9.17, 15) is 18.8 Å². The molecule has 0 aliphatic heterocycles. The molecule has 196 valence electrons. The summed E-state index contributed by atoms with van der Waals surface area (Å²) in [5, 5.41) is 12.4. The summed E-state index contributed by atoms with van der Waals surface area (Å²) >= 11 is 0. The summed E-state index contributed by atoms with van der Waals surface area (Å²) in [6.07, 6.45) is 2.87. The number of nitrogens with two attached hydrogens (primary N) is 1. The van der Waals surface area contributed by atoms with Gasteiger partial charge in [-0.25, -0.2) is 28.7 Å². The van der Waals surface area contributed by atoms with Crippen molar-refractivity contribution < 1.29 is 8.78 Å². The van der Waals surface area contributed by atoms with Gasteiger partial charge in [-0.3, -0.25) is 14.3 Å². The minimum atomic E-state index is -2.89. The predicted molar refractivity (Wildman–Crippen MR) is 144 cm³/mol. The molecule has 12 heteroatoms. The number of rotatable bonds is 5. The van der Waals surface area contributed by atoms with Gasteiger partial charge in [-0.15, -0.1) is 0 Å². The van der Waals surface area contributed by atoms with Gasteiger partial charge in [0, 0.05) is 18.0 Å². The first-order valence-electron chi connectivity index (χ1n) is 11.9. The topological polar surface area (TPSA) is 148 Å². The highest BCUT2D eigenvalue weighted by Crippen LogP contribution is 2.28. The van der Waals surface area contributed by atoms with E-state index in [4.69, 9.17) is 5.73 Å². The van der Waals surface area contributed by atoms with E-state index in [0.717, 1.165) is 0 Å². The SMILES string of the molecule is CC(Nc1ncnc(N)c1C#Cc1cnccn1)c1nc2cccc(C(F)F)c2c(=O)n1-c1cccc(C#N)c1. The van der Waals surface area contributed by atoms with Crippen molar-refractivity contribution in [3.8, 4) is 23.6 Å². The average Bonchev–Trinajstić information content (AvgIpc) is 2.97. The van der Waals surface area contributed by atoms with Crippen LogP contribution in [0.15, 0.2) is 72.2 Å². The number of hydrogen-bond donors (Lipinski definition) is 2. The van der Waals surface area contributed by atoms with E-state index in [1.165, 1.54) is 53.8 Å². The molecule has 0 amide bonds. The Kier molecular flexibility index (Phi) is 7.07. The number of halogens is 2. The molecule has 0 spiro atoms. The second-order valence-corrected chi connectivity index (χ2v) is 8.50. The predicted octanol–water partition coefficient (Wildman–Crippen LogP) is 3.93. The number of nitriles is 1. The van der Waals surface area contributed by atoms with E-state index in [1.54, 1.807) is 25.1 Å². The van der Waals surface area contributed by atoms with Crippen LogP contribution in [-0.2, 0) is 0 Å². The fraction of sp³-hybridized carbons (Fsp3) is 0.107. The summed E-state index contributed by atoms with van der Waals surface area (Å²) in [5.41, 5.74) is 6.31. The van der Waals surface area contributed by atoms with Crippen LogP contribution in [0.4, 0.5) is 20.4 Å². The Morgan fingerprint density at radius 1 is 1.07 bits per heavy atom. The molecule has 0 radical (unpaired) electrons. The number of anilines is 2. The lowest BCUT2D eigenvalue weighted by Gasteiger charge is -2.21. The molecule has 40 heavy (non-hydrogen) atoms. The van der Waals surface area contributed by atoms with Crippen molar-refractivity contribution in [2.24, 2.45) is 0 Å². The van der Waals surface area contributed by atoms with Gasteiger partial charge in [0.05, 0.1) is 40.5 Å². The minimum absolute atomic E-state index is 0.101. The number of hydrogen-bond acceptors (Lipinski definition) is 9. The van der Waals surface area contributed by atoms with Crippen LogP contribution in [-0.4, -0.2) is 29.5 Å². The van der Waals surface area contributed by atoms with E-state index in [1.807, 2.05) is 6.07 Å². The Morgan fingerprint density at radius 2 is 1.90 bits per heavy atom. The number of nitrogens with zero attached hydrogens (tertiary/aromatic N) is 7. The summed E-state index contributed by atoms with van der Waals surface area (Å²) in [4.78, 5) is 34.8. The van der Waals surface area contributed by atoms with Crippen molar-refractivity contribution in [2.75, 3.05) is 11.1 Å². The molecule has 1 atom stereocenters. The van der Waals surface area contributed by atoms with Crippen LogP contribution < -0.4 is 16.6 Å². The largest absolute Gasteiger partial charge is 0.382 e. The molecular weight excluding hydrogens is 516 g/mol. The first-order valence-corrected chi connectivity index (χ1v) is 11.9. The van der Waals surface area contributed by atoms with Crippen LogP contribution >= 0.6 is 0 Å². The maximum Gasteiger partial charge on any atom is 0.266 e. The first-order chi connectivity index (χ1) is 19.4. The monoisotopic (exact) mass is 535 g/mol.